The first kappa shape index (κ1) is 45.8. The number of hydrogen-bond acceptors (Lipinski definition) is 8. The molecule has 0 fully saturated rings. The zero-order valence-electron chi connectivity index (χ0n) is 39.8. The number of allylic oxidation sites excluding steroid dienone is 12. The van der Waals surface area contributed by atoms with Crippen LogP contribution in [0.15, 0.2) is 188 Å². The molecule has 0 spiro atoms. The number of aliphatic imine (C=N–C) groups is 4. The lowest BCUT2D eigenvalue weighted by Crippen LogP contribution is -2.10. The third kappa shape index (κ3) is 10.2. The van der Waals surface area contributed by atoms with Crippen LogP contribution in [-0.4, -0.2) is 49.3 Å². The van der Waals surface area contributed by atoms with Crippen LogP contribution < -0.4 is 18.9 Å². The molecule has 0 N–H and O–H groups in total. The number of nitrogens with zero attached hydrogens (tertiary/aromatic N) is 4. The van der Waals surface area contributed by atoms with Gasteiger partial charge in [0.15, 0.2) is 0 Å². The lowest BCUT2D eigenvalue weighted by molar-refractivity contribution is 0.308. The molecule has 0 unspecified atom stereocenters. The standard InChI is InChI=1S/C60H60N4O4/c1-5-9-33-65-52-25-17-13-21-46(52)50-39-45-38-43-30-29-41(61-43)37-42-31-32-44(62-42)40-51-56(47-22-14-18-26-53(47)66-34-10-6-2)57(48-23-15-19-27-54(48)67-35-11-7-3)60(64-51)58(59(50)63-45)49-24-16-20-28-55(49)68-36-12-8-4/h13-32,37-40H,5-12,33-36H2,1-4H3. The summed E-state index contributed by atoms with van der Waals surface area (Å²) in [4.78, 5) is 21.6. The summed E-state index contributed by atoms with van der Waals surface area (Å²) >= 11 is 0. The summed E-state index contributed by atoms with van der Waals surface area (Å²) < 4.78 is 26.8. The van der Waals surface area contributed by atoms with Crippen molar-refractivity contribution in [1.29, 1.82) is 0 Å². The van der Waals surface area contributed by atoms with Gasteiger partial charge < -0.3 is 18.9 Å². The quantitative estimate of drug-likeness (QED) is 0.0827. The highest BCUT2D eigenvalue weighted by molar-refractivity contribution is 6.51. The molecule has 4 aromatic rings. The van der Waals surface area contributed by atoms with Crippen molar-refractivity contribution in [2.75, 3.05) is 26.4 Å². The Morgan fingerprint density at radius 3 is 1.28 bits per heavy atom. The maximum Gasteiger partial charge on any atom is 0.127 e. The monoisotopic (exact) mass is 900 g/mol. The Hall–Kier alpha value is -7.32. The molecular weight excluding hydrogens is 841 g/mol. The third-order valence-electron chi connectivity index (χ3n) is 12.1. The molecule has 4 aromatic carbocycles. The number of hydrogen-bond donors (Lipinski definition) is 0. The summed E-state index contributed by atoms with van der Waals surface area (Å²) in [5, 5.41) is 0. The van der Waals surface area contributed by atoms with E-state index in [4.69, 9.17) is 38.9 Å². The van der Waals surface area contributed by atoms with Crippen LogP contribution in [0.2, 0.25) is 0 Å². The summed E-state index contributed by atoms with van der Waals surface area (Å²) in [5.74, 6) is 3.08. The lowest BCUT2D eigenvalue weighted by atomic mass is 9.85. The van der Waals surface area contributed by atoms with Gasteiger partial charge in [0.05, 0.1) is 72.1 Å². The Kier molecular flexibility index (Phi) is 14.8. The Morgan fingerprint density at radius 1 is 0.368 bits per heavy atom. The lowest BCUT2D eigenvalue weighted by Gasteiger charge is -2.22. The first-order chi connectivity index (χ1) is 33.6. The van der Waals surface area contributed by atoms with Crippen molar-refractivity contribution >= 4 is 45.1 Å². The molecule has 8 bridgehead atoms. The van der Waals surface area contributed by atoms with E-state index in [2.05, 4.69) is 113 Å². The van der Waals surface area contributed by atoms with E-state index in [0.29, 0.717) is 26.4 Å². The van der Waals surface area contributed by atoms with Crippen molar-refractivity contribution < 1.29 is 18.9 Å². The van der Waals surface area contributed by atoms with Gasteiger partial charge in [-0.05, 0) is 98.6 Å². The van der Waals surface area contributed by atoms with E-state index in [9.17, 15) is 0 Å². The van der Waals surface area contributed by atoms with Crippen LogP contribution in [-0.2, 0) is 0 Å². The predicted molar refractivity (Wildman–Crippen MR) is 281 cm³/mol. The molecule has 344 valence electrons. The number of rotatable bonds is 20. The second kappa shape index (κ2) is 22.0. The number of fused-ring (bicyclic) bond motifs is 4. The van der Waals surface area contributed by atoms with E-state index in [-0.39, 0.29) is 0 Å². The summed E-state index contributed by atoms with van der Waals surface area (Å²) in [6, 6.07) is 33.3. The van der Waals surface area contributed by atoms with Gasteiger partial charge in [0.1, 0.15) is 23.0 Å². The second-order valence-corrected chi connectivity index (χ2v) is 17.2. The summed E-state index contributed by atoms with van der Waals surface area (Å²) in [6.07, 6.45) is 24.2. The molecule has 0 radical (unpaired) electrons. The van der Waals surface area contributed by atoms with Gasteiger partial charge in [-0.1, -0.05) is 126 Å². The fourth-order valence-electron chi connectivity index (χ4n) is 8.65. The van der Waals surface area contributed by atoms with E-state index >= 15 is 0 Å². The highest BCUT2D eigenvalue weighted by Crippen LogP contribution is 2.51. The Bertz CT molecular complexity index is 2950. The van der Waals surface area contributed by atoms with Crippen molar-refractivity contribution in [2.45, 2.75) is 79.1 Å². The zero-order valence-corrected chi connectivity index (χ0v) is 39.8. The molecule has 5 aliphatic rings. The summed E-state index contributed by atoms with van der Waals surface area (Å²) in [7, 11) is 0. The number of unbranched alkanes of at least 4 members (excludes halogenated alkanes) is 4. The minimum absolute atomic E-state index is 0.560. The first-order valence-corrected chi connectivity index (χ1v) is 24.5. The van der Waals surface area contributed by atoms with Crippen LogP contribution in [0.1, 0.15) is 101 Å². The minimum atomic E-state index is 0.560. The van der Waals surface area contributed by atoms with E-state index in [1.54, 1.807) is 0 Å². The molecule has 5 aliphatic heterocycles. The van der Waals surface area contributed by atoms with E-state index in [1.807, 2.05) is 60.7 Å². The molecule has 8 nitrogen and oxygen atoms in total. The van der Waals surface area contributed by atoms with Crippen molar-refractivity contribution in [2.24, 2.45) is 20.0 Å². The third-order valence-corrected chi connectivity index (χ3v) is 12.1. The summed E-state index contributed by atoms with van der Waals surface area (Å²) in [6.45, 7) is 11.0. The second-order valence-electron chi connectivity index (χ2n) is 17.2. The Morgan fingerprint density at radius 2 is 0.779 bits per heavy atom. The van der Waals surface area contributed by atoms with Crippen LogP contribution in [0.3, 0.4) is 0 Å². The molecular formula is C60H60N4O4. The Labute approximate surface area is 401 Å². The fourth-order valence-corrected chi connectivity index (χ4v) is 8.65. The molecule has 0 saturated heterocycles. The first-order valence-electron chi connectivity index (χ1n) is 24.5. The Balaban J connectivity index is 1.43. The molecule has 9 rings (SSSR count). The smallest absolute Gasteiger partial charge is 0.127 e. The largest absolute Gasteiger partial charge is 0.493 e. The normalized spacial score (nSPS) is 15.9. The molecule has 5 heterocycles. The van der Waals surface area contributed by atoms with Crippen molar-refractivity contribution in [3.05, 3.63) is 191 Å². The summed E-state index contributed by atoms with van der Waals surface area (Å²) in [5.41, 5.74) is 13.3. The number of ether oxygens (including phenoxy) is 4. The van der Waals surface area contributed by atoms with Crippen molar-refractivity contribution in [1.82, 2.24) is 0 Å². The molecule has 0 aliphatic carbocycles. The molecule has 8 heteroatoms. The van der Waals surface area contributed by atoms with E-state index < -0.39 is 0 Å². The maximum atomic E-state index is 6.78. The number of benzene rings is 4. The highest BCUT2D eigenvalue weighted by Gasteiger charge is 2.36. The van der Waals surface area contributed by atoms with Gasteiger partial charge in [-0.15, -0.1) is 0 Å². The van der Waals surface area contributed by atoms with Crippen LogP contribution in [0.25, 0.3) is 22.3 Å². The maximum absolute atomic E-state index is 6.78. The van der Waals surface area contributed by atoms with Gasteiger partial charge in [0.25, 0.3) is 0 Å². The van der Waals surface area contributed by atoms with E-state index in [0.717, 1.165) is 165 Å². The van der Waals surface area contributed by atoms with Gasteiger partial charge in [-0.3, -0.25) is 0 Å². The van der Waals surface area contributed by atoms with Gasteiger partial charge in [0, 0.05) is 44.5 Å². The average Bonchev–Trinajstić information content (AvgIpc) is 4.18. The van der Waals surface area contributed by atoms with Gasteiger partial charge in [-0.2, -0.15) is 0 Å². The minimum Gasteiger partial charge on any atom is -0.493 e. The molecule has 0 atom stereocenters. The van der Waals surface area contributed by atoms with Gasteiger partial charge >= 0.3 is 0 Å². The van der Waals surface area contributed by atoms with Gasteiger partial charge in [0.2, 0.25) is 0 Å². The zero-order chi connectivity index (χ0) is 46.7. The molecule has 0 amide bonds. The van der Waals surface area contributed by atoms with Crippen LogP contribution in [0.5, 0.6) is 23.0 Å². The average molecular weight is 901 g/mol. The topological polar surface area (TPSA) is 86.4 Å². The predicted octanol–water partition coefficient (Wildman–Crippen LogP) is 14.4. The number of para-hydroxylation sites is 4. The van der Waals surface area contributed by atoms with Crippen molar-refractivity contribution in [3.8, 4) is 23.0 Å². The van der Waals surface area contributed by atoms with E-state index in [1.165, 1.54) is 0 Å². The van der Waals surface area contributed by atoms with Crippen LogP contribution in [0, 0.1) is 0 Å². The molecule has 0 saturated carbocycles. The highest BCUT2D eigenvalue weighted by atomic mass is 16.5. The fraction of sp³-hybridized carbons (Fsp3) is 0.267. The molecule has 68 heavy (non-hydrogen) atoms. The van der Waals surface area contributed by atoms with Crippen molar-refractivity contribution in [3.63, 3.8) is 0 Å². The van der Waals surface area contributed by atoms with Crippen LogP contribution in [0.4, 0.5) is 0 Å². The van der Waals surface area contributed by atoms with Gasteiger partial charge in [-0.25, -0.2) is 20.0 Å². The molecule has 0 aromatic heterocycles. The van der Waals surface area contributed by atoms with Crippen LogP contribution >= 0.6 is 0 Å². The SMILES string of the molecule is CCCCOc1ccccc1C1=CC2=CC3=NC(=CC4=NC(=CC5=NC(=C(c6ccccc6OCCCC)C1=N2)C(c1ccccc1OCCCC)=C5c1ccccc1OCCCC)C=C4)C=C3.